The number of ketones is 1. The van der Waals surface area contributed by atoms with E-state index in [-0.39, 0.29) is 0 Å². The lowest BCUT2D eigenvalue weighted by atomic mass is 9.72. The lowest BCUT2D eigenvalue weighted by molar-refractivity contribution is -0.116. The molecule has 0 aromatic heterocycles. The number of hydrogen-bond donors (Lipinski definition) is 0. The summed E-state index contributed by atoms with van der Waals surface area (Å²) in [5.74, 6) is 1.14. The molecule has 92 valence electrons. The Balaban J connectivity index is 2.49. The van der Waals surface area contributed by atoms with Gasteiger partial charge in [0.1, 0.15) is 0 Å². The second-order valence-corrected chi connectivity index (χ2v) is 6.09. The maximum Gasteiger partial charge on any atom is 0.158 e. The Morgan fingerprint density at radius 3 is 2.56 bits per heavy atom. The predicted molar refractivity (Wildman–Crippen MR) is 69.4 cm³/mol. The van der Waals surface area contributed by atoms with Crippen LogP contribution in [0, 0.1) is 11.3 Å². The number of unbranched alkanes of at least 4 members (excludes halogenated alkanes) is 1. The Bertz CT molecular complexity index is 268. The van der Waals surface area contributed by atoms with E-state index >= 15 is 0 Å². The number of rotatable bonds is 4. The maximum atomic E-state index is 11.8. The predicted octanol–water partition coefficient (Wildman–Crippen LogP) is 4.52. The fourth-order valence-corrected chi connectivity index (χ4v) is 2.37. The summed E-state index contributed by atoms with van der Waals surface area (Å²) in [6, 6.07) is 0. The van der Waals surface area contributed by atoms with Gasteiger partial charge in [-0.1, -0.05) is 40.2 Å². The van der Waals surface area contributed by atoms with Gasteiger partial charge < -0.3 is 0 Å². The van der Waals surface area contributed by atoms with E-state index in [4.69, 9.17) is 0 Å². The summed E-state index contributed by atoms with van der Waals surface area (Å²) in [4.78, 5) is 11.8. The zero-order chi connectivity index (χ0) is 12.2. The monoisotopic (exact) mass is 222 g/mol. The molecule has 0 saturated carbocycles. The number of carbonyl (C=O) groups excluding carboxylic acids is 1. The SMILES string of the molecule is CCCCC(=O)C1=CCC(C(C)(C)C)CC1. The molecule has 0 N–H and O–H groups in total. The first kappa shape index (κ1) is 13.5. The van der Waals surface area contributed by atoms with Gasteiger partial charge in [-0.25, -0.2) is 0 Å². The molecule has 0 aromatic rings. The molecule has 0 fully saturated rings. The molecule has 0 saturated heterocycles. The first-order valence-electron chi connectivity index (χ1n) is 6.67. The van der Waals surface area contributed by atoms with E-state index in [1.54, 1.807) is 0 Å². The van der Waals surface area contributed by atoms with Crippen LogP contribution in [0.25, 0.3) is 0 Å². The van der Waals surface area contributed by atoms with Crippen LogP contribution in [-0.2, 0) is 4.79 Å². The quantitative estimate of drug-likeness (QED) is 0.683. The van der Waals surface area contributed by atoms with Crippen molar-refractivity contribution in [2.45, 2.75) is 66.2 Å². The van der Waals surface area contributed by atoms with Crippen molar-refractivity contribution in [3.8, 4) is 0 Å². The minimum Gasteiger partial charge on any atom is -0.295 e. The van der Waals surface area contributed by atoms with Gasteiger partial charge in [0.15, 0.2) is 5.78 Å². The van der Waals surface area contributed by atoms with Crippen LogP contribution < -0.4 is 0 Å². The Morgan fingerprint density at radius 1 is 1.44 bits per heavy atom. The molecule has 16 heavy (non-hydrogen) atoms. The van der Waals surface area contributed by atoms with Crippen molar-refractivity contribution < 1.29 is 4.79 Å². The van der Waals surface area contributed by atoms with Crippen molar-refractivity contribution >= 4 is 5.78 Å². The molecule has 0 spiro atoms. The summed E-state index contributed by atoms with van der Waals surface area (Å²) in [6.07, 6.45) is 8.40. The minimum absolute atomic E-state index is 0.383. The Morgan fingerprint density at radius 2 is 2.12 bits per heavy atom. The van der Waals surface area contributed by atoms with Crippen LogP contribution in [0.1, 0.15) is 66.2 Å². The van der Waals surface area contributed by atoms with Gasteiger partial charge in [-0.15, -0.1) is 0 Å². The second kappa shape index (κ2) is 5.65. The summed E-state index contributed by atoms with van der Waals surface area (Å²) >= 11 is 0. The van der Waals surface area contributed by atoms with Crippen LogP contribution in [-0.4, -0.2) is 5.78 Å². The van der Waals surface area contributed by atoms with Crippen LogP contribution in [0.15, 0.2) is 11.6 Å². The molecule has 1 atom stereocenters. The molecule has 1 aliphatic rings. The molecule has 1 rings (SSSR count). The molecule has 0 amide bonds. The number of hydrogen-bond acceptors (Lipinski definition) is 1. The smallest absolute Gasteiger partial charge is 0.158 e. The highest BCUT2D eigenvalue weighted by Gasteiger charge is 2.27. The fourth-order valence-electron chi connectivity index (χ4n) is 2.37. The van der Waals surface area contributed by atoms with Crippen molar-refractivity contribution in [1.82, 2.24) is 0 Å². The first-order valence-corrected chi connectivity index (χ1v) is 6.67. The molecule has 0 bridgehead atoms. The third-order valence-corrected chi connectivity index (χ3v) is 3.75. The molecular formula is C15H26O. The lowest BCUT2D eigenvalue weighted by Crippen LogP contribution is -2.23. The molecule has 1 aliphatic carbocycles. The highest BCUT2D eigenvalue weighted by atomic mass is 16.1. The standard InChI is InChI=1S/C15H26O/c1-5-6-7-14(16)12-8-10-13(11-9-12)15(2,3)4/h8,13H,5-7,9-11H2,1-4H3. The fraction of sp³-hybridized carbons (Fsp3) is 0.800. The largest absolute Gasteiger partial charge is 0.295 e. The minimum atomic E-state index is 0.383. The third kappa shape index (κ3) is 3.77. The van der Waals surface area contributed by atoms with Gasteiger partial charge >= 0.3 is 0 Å². The molecule has 0 aliphatic heterocycles. The van der Waals surface area contributed by atoms with Crippen LogP contribution in [0.5, 0.6) is 0 Å². The van der Waals surface area contributed by atoms with Gasteiger partial charge in [-0.3, -0.25) is 4.79 Å². The summed E-state index contributed by atoms with van der Waals surface area (Å²) in [6.45, 7) is 9.04. The van der Waals surface area contributed by atoms with Gasteiger partial charge in [0.05, 0.1) is 0 Å². The summed E-state index contributed by atoms with van der Waals surface area (Å²) < 4.78 is 0. The first-order chi connectivity index (χ1) is 7.45. The van der Waals surface area contributed by atoms with Gasteiger partial charge in [0.25, 0.3) is 0 Å². The highest BCUT2D eigenvalue weighted by molar-refractivity contribution is 5.95. The molecule has 0 radical (unpaired) electrons. The maximum absolute atomic E-state index is 11.8. The average Bonchev–Trinajstić information content (AvgIpc) is 2.25. The topological polar surface area (TPSA) is 17.1 Å². The zero-order valence-corrected chi connectivity index (χ0v) is 11.3. The normalized spacial score (nSPS) is 21.8. The average molecular weight is 222 g/mol. The van der Waals surface area contributed by atoms with Gasteiger partial charge in [0, 0.05) is 6.42 Å². The molecule has 1 unspecified atom stereocenters. The van der Waals surface area contributed by atoms with Crippen molar-refractivity contribution in [3.63, 3.8) is 0 Å². The van der Waals surface area contributed by atoms with E-state index in [1.807, 2.05) is 0 Å². The Labute approximate surface area is 100 Å². The third-order valence-electron chi connectivity index (χ3n) is 3.75. The van der Waals surface area contributed by atoms with E-state index in [2.05, 4.69) is 33.8 Å². The Hall–Kier alpha value is -0.590. The number of allylic oxidation sites excluding steroid dienone is 2. The molecule has 0 heterocycles. The van der Waals surface area contributed by atoms with E-state index in [9.17, 15) is 4.79 Å². The van der Waals surface area contributed by atoms with Gasteiger partial charge in [-0.05, 0) is 42.6 Å². The number of carbonyl (C=O) groups is 1. The zero-order valence-electron chi connectivity index (χ0n) is 11.3. The molecular weight excluding hydrogens is 196 g/mol. The molecule has 1 nitrogen and oxygen atoms in total. The van der Waals surface area contributed by atoms with Crippen LogP contribution in [0.2, 0.25) is 0 Å². The summed E-state index contributed by atoms with van der Waals surface area (Å²) in [7, 11) is 0. The number of Topliss-reactive ketones (excluding diaryl/α,β-unsaturated/α-hetero) is 1. The Kier molecular flexibility index (Phi) is 4.76. The van der Waals surface area contributed by atoms with Crippen molar-refractivity contribution in [2.75, 3.05) is 0 Å². The van der Waals surface area contributed by atoms with E-state index < -0.39 is 0 Å². The van der Waals surface area contributed by atoms with Crippen molar-refractivity contribution in [3.05, 3.63) is 11.6 Å². The lowest BCUT2D eigenvalue weighted by Gasteiger charge is -2.33. The van der Waals surface area contributed by atoms with Crippen molar-refractivity contribution in [1.29, 1.82) is 0 Å². The van der Waals surface area contributed by atoms with Gasteiger partial charge in [-0.2, -0.15) is 0 Å². The van der Waals surface area contributed by atoms with Gasteiger partial charge in [0.2, 0.25) is 0 Å². The van der Waals surface area contributed by atoms with Crippen LogP contribution in [0.3, 0.4) is 0 Å². The second-order valence-electron chi connectivity index (χ2n) is 6.09. The molecule has 0 aromatic carbocycles. The highest BCUT2D eigenvalue weighted by Crippen LogP contribution is 2.37. The van der Waals surface area contributed by atoms with Crippen molar-refractivity contribution in [2.24, 2.45) is 11.3 Å². The summed E-state index contributed by atoms with van der Waals surface area (Å²) in [5, 5.41) is 0. The molecule has 1 heteroatoms. The van der Waals surface area contributed by atoms with E-state index in [0.29, 0.717) is 11.2 Å². The van der Waals surface area contributed by atoms with Crippen LogP contribution in [0.4, 0.5) is 0 Å². The van der Waals surface area contributed by atoms with Crippen LogP contribution >= 0.6 is 0 Å². The van der Waals surface area contributed by atoms with E-state index in [0.717, 1.165) is 43.6 Å². The van der Waals surface area contributed by atoms with E-state index in [1.165, 1.54) is 6.42 Å². The summed E-state index contributed by atoms with van der Waals surface area (Å²) in [5.41, 5.74) is 1.49.